The van der Waals surface area contributed by atoms with Crippen molar-refractivity contribution in [2.75, 3.05) is 4.90 Å². The fourth-order valence-electron chi connectivity index (χ4n) is 6.01. The zero-order valence-corrected chi connectivity index (χ0v) is 24.4. The number of benzene rings is 3. The number of carbonyl (C=O) groups excluding carboxylic acids is 1. The number of nitrogens with two attached hydrogens (primary N) is 1. The van der Waals surface area contributed by atoms with E-state index in [0.717, 1.165) is 39.2 Å². The molecule has 5 rings (SSSR count). The third-order valence-electron chi connectivity index (χ3n) is 7.99. The SMILES string of the molecule is Cc1cc(C)c(C2C(C#N)=C(N)N(c3ccccc3C)C3=C2C(=O)CC(C)(C)C3)cc1COc1ccccc1Cl. The molecule has 40 heavy (non-hydrogen) atoms. The smallest absolute Gasteiger partial charge is 0.162 e. The standard InChI is InChI=1S/C34H34ClN3O2/c1-20-10-6-8-12-27(20)38-28-16-34(4,5)17-29(39)32(28)31(25(18-36)33(38)37)24-15-23(21(2)14-22(24)3)19-40-30-13-9-7-11-26(30)35/h6-15,31H,16-17,19,37H2,1-5H3. The first-order valence-electron chi connectivity index (χ1n) is 13.5. The molecule has 0 fully saturated rings. The second-order valence-corrected chi connectivity index (χ2v) is 12.0. The van der Waals surface area contributed by atoms with Crippen LogP contribution in [0.5, 0.6) is 5.75 Å². The maximum absolute atomic E-state index is 14.0. The van der Waals surface area contributed by atoms with Gasteiger partial charge in [-0.1, -0.05) is 67.9 Å². The van der Waals surface area contributed by atoms with Crippen LogP contribution in [0.25, 0.3) is 0 Å². The van der Waals surface area contributed by atoms with Crippen LogP contribution in [0.4, 0.5) is 5.69 Å². The molecule has 0 bridgehead atoms. The monoisotopic (exact) mass is 551 g/mol. The summed E-state index contributed by atoms with van der Waals surface area (Å²) in [7, 11) is 0. The summed E-state index contributed by atoms with van der Waals surface area (Å²) < 4.78 is 6.08. The first-order chi connectivity index (χ1) is 19.0. The third kappa shape index (κ3) is 4.89. The minimum Gasteiger partial charge on any atom is -0.487 e. The van der Waals surface area contributed by atoms with Gasteiger partial charge in [-0.15, -0.1) is 0 Å². The molecule has 0 saturated heterocycles. The highest BCUT2D eigenvalue weighted by molar-refractivity contribution is 6.32. The number of rotatable bonds is 5. The first-order valence-corrected chi connectivity index (χ1v) is 13.9. The summed E-state index contributed by atoms with van der Waals surface area (Å²) in [6, 6.07) is 21.9. The molecule has 0 radical (unpaired) electrons. The Morgan fingerprint density at radius 3 is 2.42 bits per heavy atom. The Bertz CT molecular complexity index is 1630. The zero-order valence-electron chi connectivity index (χ0n) is 23.6. The number of anilines is 1. The molecule has 1 atom stereocenters. The summed E-state index contributed by atoms with van der Waals surface area (Å²) >= 11 is 6.32. The molecule has 3 aromatic rings. The van der Waals surface area contributed by atoms with Gasteiger partial charge < -0.3 is 10.5 Å². The van der Waals surface area contributed by atoms with E-state index >= 15 is 0 Å². The van der Waals surface area contributed by atoms with Gasteiger partial charge >= 0.3 is 0 Å². The van der Waals surface area contributed by atoms with Crippen molar-refractivity contribution in [2.24, 2.45) is 11.1 Å². The van der Waals surface area contributed by atoms with Gasteiger partial charge in [0.25, 0.3) is 0 Å². The zero-order chi connectivity index (χ0) is 28.8. The van der Waals surface area contributed by atoms with Crippen molar-refractivity contribution in [3.05, 3.63) is 116 Å². The molecule has 1 aliphatic heterocycles. The number of ether oxygens (including phenoxy) is 1. The van der Waals surface area contributed by atoms with E-state index in [0.29, 0.717) is 47.2 Å². The molecule has 1 heterocycles. The average molecular weight is 552 g/mol. The summed E-state index contributed by atoms with van der Waals surface area (Å²) in [5.74, 6) is 0.487. The summed E-state index contributed by atoms with van der Waals surface area (Å²) in [6.07, 6.45) is 1.08. The quantitative estimate of drug-likeness (QED) is 0.350. The van der Waals surface area contributed by atoms with Gasteiger partial charge in [-0.05, 0) is 78.6 Å². The third-order valence-corrected chi connectivity index (χ3v) is 8.31. The van der Waals surface area contributed by atoms with Crippen molar-refractivity contribution in [3.63, 3.8) is 0 Å². The Morgan fingerprint density at radius 1 is 1.02 bits per heavy atom. The van der Waals surface area contributed by atoms with Crippen LogP contribution in [0.3, 0.4) is 0 Å². The van der Waals surface area contributed by atoms with E-state index in [1.54, 1.807) is 6.07 Å². The van der Waals surface area contributed by atoms with Gasteiger partial charge in [0, 0.05) is 17.7 Å². The summed E-state index contributed by atoms with van der Waals surface area (Å²) in [5.41, 5.74) is 14.4. The van der Waals surface area contributed by atoms with E-state index in [-0.39, 0.29) is 11.2 Å². The lowest BCUT2D eigenvalue weighted by Crippen LogP contribution is -2.42. The van der Waals surface area contributed by atoms with E-state index in [1.807, 2.05) is 68.1 Å². The lowest BCUT2D eigenvalue weighted by atomic mass is 9.68. The van der Waals surface area contributed by atoms with Crippen LogP contribution >= 0.6 is 11.6 Å². The lowest BCUT2D eigenvalue weighted by Gasteiger charge is -2.44. The lowest BCUT2D eigenvalue weighted by molar-refractivity contribution is -0.118. The average Bonchev–Trinajstić information content (AvgIpc) is 2.89. The molecule has 3 aromatic carbocycles. The highest BCUT2D eigenvalue weighted by Crippen LogP contribution is 2.51. The maximum atomic E-state index is 14.0. The number of hydrogen-bond acceptors (Lipinski definition) is 5. The Kier molecular flexibility index (Phi) is 7.25. The molecular weight excluding hydrogens is 518 g/mol. The van der Waals surface area contributed by atoms with Crippen LogP contribution in [0.15, 0.2) is 83.3 Å². The van der Waals surface area contributed by atoms with Crippen LogP contribution in [-0.2, 0) is 11.4 Å². The van der Waals surface area contributed by atoms with Crippen molar-refractivity contribution in [1.82, 2.24) is 0 Å². The minimum atomic E-state index is -0.552. The number of carbonyl (C=O) groups is 1. The van der Waals surface area contributed by atoms with Crippen LogP contribution in [0, 0.1) is 37.5 Å². The van der Waals surface area contributed by atoms with Crippen molar-refractivity contribution in [2.45, 2.75) is 60.0 Å². The van der Waals surface area contributed by atoms with Crippen molar-refractivity contribution < 1.29 is 9.53 Å². The topological polar surface area (TPSA) is 79.4 Å². The second kappa shape index (κ2) is 10.5. The van der Waals surface area contributed by atoms with Gasteiger partial charge in [0.2, 0.25) is 0 Å². The van der Waals surface area contributed by atoms with Crippen LogP contribution in [0.2, 0.25) is 5.02 Å². The Morgan fingerprint density at radius 2 is 1.73 bits per heavy atom. The predicted molar refractivity (Wildman–Crippen MR) is 160 cm³/mol. The maximum Gasteiger partial charge on any atom is 0.162 e. The van der Waals surface area contributed by atoms with Crippen molar-refractivity contribution in [1.29, 1.82) is 5.26 Å². The number of Topliss-reactive ketones (excluding diaryl/α,β-unsaturated/α-hetero) is 1. The molecule has 0 spiro atoms. The van der Waals surface area contributed by atoms with Crippen LogP contribution in [0.1, 0.15) is 60.4 Å². The van der Waals surface area contributed by atoms with Gasteiger partial charge in [-0.2, -0.15) is 5.26 Å². The summed E-state index contributed by atoms with van der Waals surface area (Å²) in [6.45, 7) is 10.6. The highest BCUT2D eigenvalue weighted by atomic mass is 35.5. The Hall–Kier alpha value is -4.01. The number of nitriles is 1. The van der Waals surface area contributed by atoms with E-state index in [9.17, 15) is 10.1 Å². The van der Waals surface area contributed by atoms with Crippen molar-refractivity contribution >= 4 is 23.1 Å². The highest BCUT2D eigenvalue weighted by Gasteiger charge is 2.45. The Balaban J connectivity index is 1.68. The van der Waals surface area contributed by atoms with E-state index in [2.05, 4.69) is 32.0 Å². The molecule has 1 unspecified atom stereocenters. The molecule has 0 saturated carbocycles. The van der Waals surface area contributed by atoms with Crippen LogP contribution < -0.4 is 15.4 Å². The molecule has 6 heteroatoms. The second-order valence-electron chi connectivity index (χ2n) is 11.6. The number of aryl methyl sites for hydroxylation is 3. The molecule has 2 aliphatic rings. The molecule has 5 nitrogen and oxygen atoms in total. The molecule has 204 valence electrons. The molecule has 1 aliphatic carbocycles. The molecular formula is C34H34ClN3O2. The summed E-state index contributed by atoms with van der Waals surface area (Å²) in [5, 5.41) is 11.1. The van der Waals surface area contributed by atoms with E-state index in [4.69, 9.17) is 22.1 Å². The molecule has 2 N–H and O–H groups in total. The van der Waals surface area contributed by atoms with Gasteiger partial charge in [-0.3, -0.25) is 9.69 Å². The Labute approximate surface area is 241 Å². The first kappa shape index (κ1) is 27.6. The van der Waals surface area contributed by atoms with Gasteiger partial charge in [0.05, 0.1) is 28.3 Å². The number of nitrogens with zero attached hydrogens (tertiary/aromatic N) is 2. The fraction of sp³-hybridized carbons (Fsp3) is 0.294. The van der Waals surface area contributed by atoms with Crippen LogP contribution in [-0.4, -0.2) is 5.78 Å². The van der Waals surface area contributed by atoms with E-state index in [1.165, 1.54) is 0 Å². The largest absolute Gasteiger partial charge is 0.487 e. The van der Waals surface area contributed by atoms with Gasteiger partial charge in [0.1, 0.15) is 18.2 Å². The normalized spacial score (nSPS) is 18.5. The van der Waals surface area contributed by atoms with Crippen molar-refractivity contribution in [3.8, 4) is 11.8 Å². The predicted octanol–water partition coefficient (Wildman–Crippen LogP) is 7.79. The van der Waals surface area contributed by atoms with Gasteiger partial charge in [0.15, 0.2) is 5.78 Å². The minimum absolute atomic E-state index is 0.0592. The number of para-hydroxylation sites is 2. The number of hydrogen-bond donors (Lipinski definition) is 1. The summed E-state index contributed by atoms with van der Waals surface area (Å²) in [4.78, 5) is 15.9. The van der Waals surface area contributed by atoms with E-state index < -0.39 is 5.92 Å². The molecule has 0 aromatic heterocycles. The number of halogens is 1. The number of ketones is 1. The van der Waals surface area contributed by atoms with Gasteiger partial charge in [-0.25, -0.2) is 0 Å². The fourth-order valence-corrected chi connectivity index (χ4v) is 6.20. The molecule has 0 amide bonds. The number of allylic oxidation sites excluding steroid dienone is 3.